The molecule has 0 heterocycles. The topological polar surface area (TPSA) is 26.0 Å². The van der Waals surface area contributed by atoms with Crippen LogP contribution in [0.3, 0.4) is 0 Å². The molecule has 2 N–H and O–H groups in total. The third-order valence-corrected chi connectivity index (χ3v) is 8.63. The van der Waals surface area contributed by atoms with Gasteiger partial charge < -0.3 is 5.73 Å². The van der Waals surface area contributed by atoms with E-state index in [1.54, 1.807) is 0 Å². The molecule has 1 heteroatoms. The zero-order valence-electron chi connectivity index (χ0n) is 17.6. The van der Waals surface area contributed by atoms with E-state index in [9.17, 15) is 0 Å². The smallest absolute Gasteiger partial charge is 0.00416 e. The Labute approximate surface area is 157 Å². The highest BCUT2D eigenvalue weighted by molar-refractivity contribution is 4.98. The second kappa shape index (κ2) is 8.32. The van der Waals surface area contributed by atoms with Crippen molar-refractivity contribution in [1.82, 2.24) is 0 Å². The fourth-order valence-corrected chi connectivity index (χ4v) is 7.71. The molecule has 0 aromatic heterocycles. The van der Waals surface area contributed by atoms with E-state index in [1.165, 1.54) is 77.0 Å². The van der Waals surface area contributed by atoms with Gasteiger partial charge in [0.15, 0.2) is 0 Å². The summed E-state index contributed by atoms with van der Waals surface area (Å²) in [6, 6.07) is 0.497. The lowest BCUT2D eigenvalue weighted by molar-refractivity contribution is -0.0455. The fourth-order valence-electron chi connectivity index (χ4n) is 7.71. The molecule has 146 valence electrons. The van der Waals surface area contributed by atoms with Crippen LogP contribution in [-0.4, -0.2) is 6.04 Å². The maximum Gasteiger partial charge on any atom is 0.00416 e. The summed E-state index contributed by atoms with van der Waals surface area (Å²) in [4.78, 5) is 0. The van der Waals surface area contributed by atoms with Gasteiger partial charge in [-0.25, -0.2) is 0 Å². The first-order valence-electron chi connectivity index (χ1n) is 11.7. The van der Waals surface area contributed by atoms with Crippen molar-refractivity contribution < 1.29 is 0 Å². The zero-order chi connectivity index (χ0) is 18.0. The second-order valence-corrected chi connectivity index (χ2v) is 10.8. The van der Waals surface area contributed by atoms with Gasteiger partial charge in [-0.05, 0) is 79.4 Å². The van der Waals surface area contributed by atoms with E-state index < -0.39 is 0 Å². The Hall–Kier alpha value is -0.0400. The first kappa shape index (κ1) is 19.7. The molecule has 0 saturated heterocycles. The van der Waals surface area contributed by atoms with Crippen molar-refractivity contribution in [1.29, 1.82) is 0 Å². The van der Waals surface area contributed by atoms with Crippen molar-refractivity contribution in [2.24, 2.45) is 46.7 Å². The quantitative estimate of drug-likeness (QED) is 0.597. The summed E-state index contributed by atoms with van der Waals surface area (Å²) in [5, 5.41) is 0. The average Bonchev–Trinajstić information content (AvgIpc) is 2.55. The van der Waals surface area contributed by atoms with Crippen LogP contribution in [0.15, 0.2) is 0 Å². The molecule has 1 nitrogen and oxygen atoms in total. The lowest BCUT2D eigenvalue weighted by atomic mass is 9.51. The Morgan fingerprint density at radius 2 is 1.68 bits per heavy atom. The standard InChI is InChI=1S/C24H45N/c1-5-9-21-20-14-12-19(25)16-18(20)11-13-22(21)23-17(2)10-7-6-8-15-24(23,3)4/h17-23H,5-16,25H2,1-4H3/t17?,18?,19-,20?,21?,22?,23?/m1/s1. The van der Waals surface area contributed by atoms with Gasteiger partial charge in [-0.1, -0.05) is 66.2 Å². The molecule has 3 rings (SSSR count). The highest BCUT2D eigenvalue weighted by atomic mass is 14.7. The van der Waals surface area contributed by atoms with Gasteiger partial charge in [-0.15, -0.1) is 0 Å². The van der Waals surface area contributed by atoms with Gasteiger partial charge in [0.05, 0.1) is 0 Å². The van der Waals surface area contributed by atoms with Crippen molar-refractivity contribution in [3.63, 3.8) is 0 Å². The lowest BCUT2D eigenvalue weighted by Gasteiger charge is -2.54. The van der Waals surface area contributed by atoms with Crippen LogP contribution in [-0.2, 0) is 0 Å². The van der Waals surface area contributed by atoms with E-state index in [2.05, 4.69) is 27.7 Å². The number of hydrogen-bond donors (Lipinski definition) is 1. The molecule has 0 aromatic carbocycles. The van der Waals surface area contributed by atoms with Crippen LogP contribution < -0.4 is 5.73 Å². The van der Waals surface area contributed by atoms with Gasteiger partial charge in [-0.2, -0.15) is 0 Å². The summed E-state index contributed by atoms with van der Waals surface area (Å²) in [6.07, 6.45) is 17.2. The molecule has 0 amide bonds. The highest BCUT2D eigenvalue weighted by Crippen LogP contribution is 2.56. The second-order valence-electron chi connectivity index (χ2n) is 10.8. The first-order valence-corrected chi connectivity index (χ1v) is 11.7. The Morgan fingerprint density at radius 3 is 2.44 bits per heavy atom. The van der Waals surface area contributed by atoms with E-state index in [-0.39, 0.29) is 0 Å². The van der Waals surface area contributed by atoms with Crippen LogP contribution in [0.25, 0.3) is 0 Å². The van der Waals surface area contributed by atoms with E-state index in [4.69, 9.17) is 5.73 Å². The molecule has 0 aromatic rings. The highest BCUT2D eigenvalue weighted by Gasteiger charge is 2.48. The van der Waals surface area contributed by atoms with Gasteiger partial charge in [0.2, 0.25) is 0 Å². The number of fused-ring (bicyclic) bond motifs is 1. The number of hydrogen-bond acceptors (Lipinski definition) is 1. The molecular formula is C24H45N. The van der Waals surface area contributed by atoms with Gasteiger partial charge in [0.25, 0.3) is 0 Å². The Kier molecular flexibility index (Phi) is 6.56. The lowest BCUT2D eigenvalue weighted by Crippen LogP contribution is -2.48. The van der Waals surface area contributed by atoms with Gasteiger partial charge in [0, 0.05) is 6.04 Å². The molecule has 3 fully saturated rings. The predicted octanol–water partition coefficient (Wildman–Crippen LogP) is 6.80. The van der Waals surface area contributed by atoms with E-state index in [0.717, 1.165) is 35.5 Å². The minimum atomic E-state index is 0.497. The van der Waals surface area contributed by atoms with Crippen molar-refractivity contribution in [2.75, 3.05) is 0 Å². The summed E-state index contributed by atoms with van der Waals surface area (Å²) in [5.74, 6) is 5.78. The Morgan fingerprint density at radius 1 is 0.920 bits per heavy atom. The molecule has 3 aliphatic carbocycles. The van der Waals surface area contributed by atoms with E-state index in [1.807, 2.05) is 0 Å². The summed E-state index contributed by atoms with van der Waals surface area (Å²) >= 11 is 0. The van der Waals surface area contributed by atoms with Gasteiger partial charge in [-0.3, -0.25) is 0 Å². The molecule has 0 radical (unpaired) electrons. The summed E-state index contributed by atoms with van der Waals surface area (Å²) in [5.41, 5.74) is 6.88. The Balaban J connectivity index is 1.84. The van der Waals surface area contributed by atoms with E-state index >= 15 is 0 Å². The minimum Gasteiger partial charge on any atom is -0.328 e. The average molecular weight is 348 g/mol. The molecule has 0 bridgehead atoms. The molecule has 7 atom stereocenters. The molecule has 0 aliphatic heterocycles. The molecule has 3 saturated carbocycles. The van der Waals surface area contributed by atoms with Crippen LogP contribution in [0.2, 0.25) is 0 Å². The Bertz CT molecular complexity index is 414. The monoisotopic (exact) mass is 347 g/mol. The first-order chi connectivity index (χ1) is 11.9. The van der Waals surface area contributed by atoms with Crippen LogP contribution in [0.1, 0.15) is 105 Å². The van der Waals surface area contributed by atoms with Gasteiger partial charge >= 0.3 is 0 Å². The van der Waals surface area contributed by atoms with Gasteiger partial charge in [0.1, 0.15) is 0 Å². The summed E-state index contributed by atoms with van der Waals surface area (Å²) < 4.78 is 0. The van der Waals surface area contributed by atoms with E-state index in [0.29, 0.717) is 11.5 Å². The molecular weight excluding hydrogens is 302 g/mol. The summed E-state index contributed by atoms with van der Waals surface area (Å²) in [6.45, 7) is 10.3. The zero-order valence-corrected chi connectivity index (χ0v) is 17.6. The molecule has 6 unspecified atom stereocenters. The fraction of sp³-hybridized carbons (Fsp3) is 1.00. The largest absolute Gasteiger partial charge is 0.328 e. The molecule has 3 aliphatic rings. The SMILES string of the molecule is CCCC1C2CC[C@@H](N)CC2CCC1C1C(C)CCCCCC1(C)C. The summed E-state index contributed by atoms with van der Waals surface area (Å²) in [7, 11) is 0. The minimum absolute atomic E-state index is 0.497. The van der Waals surface area contributed by atoms with Crippen molar-refractivity contribution in [3.05, 3.63) is 0 Å². The van der Waals surface area contributed by atoms with Crippen molar-refractivity contribution in [2.45, 2.75) is 111 Å². The van der Waals surface area contributed by atoms with Crippen LogP contribution in [0.4, 0.5) is 0 Å². The molecule has 25 heavy (non-hydrogen) atoms. The third-order valence-electron chi connectivity index (χ3n) is 8.63. The van der Waals surface area contributed by atoms with Crippen LogP contribution >= 0.6 is 0 Å². The van der Waals surface area contributed by atoms with Crippen molar-refractivity contribution in [3.8, 4) is 0 Å². The number of rotatable bonds is 3. The normalized spacial score (nSPS) is 45.2. The molecule has 0 spiro atoms. The third kappa shape index (κ3) is 4.28. The van der Waals surface area contributed by atoms with Crippen LogP contribution in [0.5, 0.6) is 0 Å². The predicted molar refractivity (Wildman–Crippen MR) is 109 cm³/mol. The maximum atomic E-state index is 6.34. The number of nitrogens with two attached hydrogens (primary N) is 1. The van der Waals surface area contributed by atoms with Crippen LogP contribution in [0, 0.1) is 40.9 Å². The van der Waals surface area contributed by atoms with Crippen molar-refractivity contribution >= 4 is 0 Å². The maximum absolute atomic E-state index is 6.34.